The first-order chi connectivity index (χ1) is 5.72. The molecule has 72 valence electrons. The zero-order valence-electron chi connectivity index (χ0n) is 8.21. The number of hydrogen-bond donors (Lipinski definition) is 2. The van der Waals surface area contributed by atoms with E-state index in [1.54, 1.807) is 0 Å². The maximum atomic E-state index is 9.08. The van der Waals surface area contributed by atoms with Gasteiger partial charge in [-0.15, -0.1) is 0 Å². The molecule has 1 aliphatic rings. The third kappa shape index (κ3) is 3.11. The van der Waals surface area contributed by atoms with E-state index in [-0.39, 0.29) is 6.61 Å². The van der Waals surface area contributed by atoms with Gasteiger partial charge in [-0.05, 0) is 25.2 Å². The fourth-order valence-corrected chi connectivity index (χ4v) is 1.67. The van der Waals surface area contributed by atoms with Crippen LogP contribution in [0, 0.1) is 5.92 Å². The van der Waals surface area contributed by atoms with Crippen molar-refractivity contribution >= 4 is 0 Å². The zero-order valence-corrected chi connectivity index (χ0v) is 8.21. The minimum atomic E-state index is 0.286. The van der Waals surface area contributed by atoms with Crippen molar-refractivity contribution < 1.29 is 5.11 Å². The molecular weight excluding hydrogens is 150 g/mol. The lowest BCUT2D eigenvalue weighted by molar-refractivity contribution is 0.191. The lowest BCUT2D eigenvalue weighted by atomic mass is 9.91. The highest BCUT2D eigenvalue weighted by Crippen LogP contribution is 2.19. The van der Waals surface area contributed by atoms with Crippen LogP contribution in [0.25, 0.3) is 0 Å². The molecule has 1 rings (SSSR count). The molecule has 0 radical (unpaired) electrons. The van der Waals surface area contributed by atoms with Crippen LogP contribution in [0.3, 0.4) is 0 Å². The average molecular weight is 171 g/mol. The molecule has 0 spiro atoms. The van der Waals surface area contributed by atoms with Crippen molar-refractivity contribution in [1.29, 1.82) is 0 Å². The smallest absolute Gasteiger partial charge is 0.0584 e. The van der Waals surface area contributed by atoms with Gasteiger partial charge in [0.25, 0.3) is 0 Å². The summed E-state index contributed by atoms with van der Waals surface area (Å²) in [5.41, 5.74) is 0. The summed E-state index contributed by atoms with van der Waals surface area (Å²) >= 11 is 0. The fourth-order valence-electron chi connectivity index (χ4n) is 1.67. The van der Waals surface area contributed by atoms with Crippen LogP contribution in [0.1, 0.15) is 39.5 Å². The fraction of sp³-hybridized carbons (Fsp3) is 1.00. The second kappa shape index (κ2) is 4.83. The highest BCUT2D eigenvalue weighted by Gasteiger charge is 2.20. The molecule has 0 aromatic rings. The van der Waals surface area contributed by atoms with Gasteiger partial charge in [0, 0.05) is 12.1 Å². The van der Waals surface area contributed by atoms with Gasteiger partial charge in [-0.1, -0.05) is 20.3 Å². The summed E-state index contributed by atoms with van der Waals surface area (Å²) in [5, 5.41) is 12.6. The molecule has 1 unspecified atom stereocenters. The van der Waals surface area contributed by atoms with Crippen LogP contribution in [-0.2, 0) is 0 Å². The summed E-state index contributed by atoms with van der Waals surface area (Å²) in [6.07, 6.45) is 5.05. The minimum absolute atomic E-state index is 0.286. The average Bonchev–Trinajstić information content (AvgIpc) is 1.93. The Labute approximate surface area is 75.4 Å². The summed E-state index contributed by atoms with van der Waals surface area (Å²) < 4.78 is 0. The van der Waals surface area contributed by atoms with Crippen LogP contribution in [-0.4, -0.2) is 23.8 Å². The lowest BCUT2D eigenvalue weighted by Crippen LogP contribution is -2.44. The molecule has 0 aromatic carbocycles. The van der Waals surface area contributed by atoms with Gasteiger partial charge in [-0.3, -0.25) is 0 Å². The van der Waals surface area contributed by atoms with E-state index in [4.69, 9.17) is 5.11 Å². The van der Waals surface area contributed by atoms with Gasteiger partial charge in [0.2, 0.25) is 0 Å². The maximum absolute atomic E-state index is 9.08. The van der Waals surface area contributed by atoms with Gasteiger partial charge in [-0.25, -0.2) is 0 Å². The SMILES string of the molecule is CC(C)CC(CO)NC1CCC1. The number of aliphatic hydroxyl groups excluding tert-OH is 1. The Morgan fingerprint density at radius 2 is 2.08 bits per heavy atom. The van der Waals surface area contributed by atoms with Crippen LogP contribution in [0.15, 0.2) is 0 Å². The molecule has 0 amide bonds. The number of hydrogen-bond acceptors (Lipinski definition) is 2. The van der Waals surface area contributed by atoms with Gasteiger partial charge in [0.15, 0.2) is 0 Å². The van der Waals surface area contributed by atoms with Crippen molar-refractivity contribution in [3.8, 4) is 0 Å². The van der Waals surface area contributed by atoms with E-state index < -0.39 is 0 Å². The van der Waals surface area contributed by atoms with Gasteiger partial charge >= 0.3 is 0 Å². The normalized spacial score (nSPS) is 21.0. The molecule has 1 saturated carbocycles. The summed E-state index contributed by atoms with van der Waals surface area (Å²) in [4.78, 5) is 0. The van der Waals surface area contributed by atoms with E-state index in [0.29, 0.717) is 18.0 Å². The Morgan fingerprint density at radius 1 is 1.42 bits per heavy atom. The number of nitrogens with one attached hydrogen (secondary N) is 1. The van der Waals surface area contributed by atoms with E-state index in [1.165, 1.54) is 19.3 Å². The van der Waals surface area contributed by atoms with Crippen molar-refractivity contribution in [2.75, 3.05) is 6.61 Å². The Kier molecular flexibility index (Phi) is 4.02. The van der Waals surface area contributed by atoms with Crippen LogP contribution in [0.2, 0.25) is 0 Å². The predicted molar refractivity (Wildman–Crippen MR) is 51.1 cm³/mol. The topological polar surface area (TPSA) is 32.3 Å². The first kappa shape index (κ1) is 10.0. The molecule has 2 N–H and O–H groups in total. The molecule has 2 heteroatoms. The second-order valence-corrected chi connectivity index (χ2v) is 4.30. The molecule has 1 aliphatic carbocycles. The Hall–Kier alpha value is -0.0800. The van der Waals surface area contributed by atoms with Crippen molar-refractivity contribution in [3.63, 3.8) is 0 Å². The molecule has 1 fully saturated rings. The molecule has 12 heavy (non-hydrogen) atoms. The van der Waals surface area contributed by atoms with Crippen molar-refractivity contribution in [2.45, 2.75) is 51.6 Å². The first-order valence-corrected chi connectivity index (χ1v) is 5.09. The number of aliphatic hydroxyl groups is 1. The van der Waals surface area contributed by atoms with E-state index in [1.807, 2.05) is 0 Å². The monoisotopic (exact) mass is 171 g/mol. The molecule has 0 aromatic heterocycles. The molecule has 2 nitrogen and oxygen atoms in total. The highest BCUT2D eigenvalue weighted by molar-refractivity contribution is 4.80. The summed E-state index contributed by atoms with van der Waals surface area (Å²) in [6.45, 7) is 4.69. The Balaban J connectivity index is 2.15. The number of rotatable bonds is 5. The first-order valence-electron chi connectivity index (χ1n) is 5.09. The molecule has 0 heterocycles. The van der Waals surface area contributed by atoms with E-state index in [2.05, 4.69) is 19.2 Å². The summed E-state index contributed by atoms with van der Waals surface area (Å²) in [6, 6.07) is 1.02. The van der Waals surface area contributed by atoms with Crippen LogP contribution in [0.5, 0.6) is 0 Å². The van der Waals surface area contributed by atoms with Crippen molar-refractivity contribution in [2.24, 2.45) is 5.92 Å². The summed E-state index contributed by atoms with van der Waals surface area (Å²) in [5.74, 6) is 0.676. The third-order valence-corrected chi connectivity index (χ3v) is 2.55. The predicted octanol–water partition coefficient (Wildman–Crippen LogP) is 1.54. The van der Waals surface area contributed by atoms with Crippen LogP contribution >= 0.6 is 0 Å². The Morgan fingerprint density at radius 3 is 2.42 bits per heavy atom. The lowest BCUT2D eigenvalue weighted by Gasteiger charge is -2.31. The standard InChI is InChI=1S/C10H21NO/c1-8(2)6-10(7-12)11-9-4-3-5-9/h8-12H,3-7H2,1-2H3. The molecule has 0 bridgehead atoms. The highest BCUT2D eigenvalue weighted by atomic mass is 16.3. The van der Waals surface area contributed by atoms with Crippen molar-refractivity contribution in [1.82, 2.24) is 5.32 Å². The van der Waals surface area contributed by atoms with Crippen LogP contribution < -0.4 is 5.32 Å². The third-order valence-electron chi connectivity index (χ3n) is 2.55. The van der Waals surface area contributed by atoms with E-state index in [9.17, 15) is 0 Å². The van der Waals surface area contributed by atoms with Gasteiger partial charge in [0.1, 0.15) is 0 Å². The summed E-state index contributed by atoms with van der Waals surface area (Å²) in [7, 11) is 0. The maximum Gasteiger partial charge on any atom is 0.0584 e. The molecular formula is C10H21NO. The van der Waals surface area contributed by atoms with E-state index in [0.717, 1.165) is 6.42 Å². The van der Waals surface area contributed by atoms with Gasteiger partial charge < -0.3 is 10.4 Å². The van der Waals surface area contributed by atoms with E-state index >= 15 is 0 Å². The van der Waals surface area contributed by atoms with Crippen molar-refractivity contribution in [3.05, 3.63) is 0 Å². The Bertz CT molecular complexity index is 121. The molecule has 0 aliphatic heterocycles. The molecule has 1 atom stereocenters. The molecule has 0 saturated heterocycles. The largest absolute Gasteiger partial charge is 0.395 e. The minimum Gasteiger partial charge on any atom is -0.395 e. The van der Waals surface area contributed by atoms with Crippen LogP contribution in [0.4, 0.5) is 0 Å². The zero-order chi connectivity index (χ0) is 8.97. The quantitative estimate of drug-likeness (QED) is 0.657. The second-order valence-electron chi connectivity index (χ2n) is 4.30. The van der Waals surface area contributed by atoms with Gasteiger partial charge in [-0.2, -0.15) is 0 Å². The van der Waals surface area contributed by atoms with Gasteiger partial charge in [0.05, 0.1) is 6.61 Å².